The zero-order chi connectivity index (χ0) is 19.0. The molecule has 1 aliphatic rings. The summed E-state index contributed by atoms with van der Waals surface area (Å²) in [4.78, 5) is 24.6. The monoisotopic (exact) mass is 365 g/mol. The minimum atomic E-state index is -0.388. The largest absolute Gasteiger partial charge is 0.454 e. The van der Waals surface area contributed by atoms with E-state index in [2.05, 4.69) is 5.32 Å². The molecule has 0 aliphatic carbocycles. The Bertz CT molecular complexity index is 1100. The van der Waals surface area contributed by atoms with E-state index in [9.17, 15) is 9.59 Å². The number of carbonyl (C=O) groups excluding carboxylic acids is 1. The Balaban J connectivity index is 1.49. The van der Waals surface area contributed by atoms with Gasteiger partial charge >= 0.3 is 5.63 Å². The Labute approximate surface area is 155 Å². The molecule has 0 unspecified atom stereocenters. The Morgan fingerprint density at radius 1 is 1.07 bits per heavy atom. The van der Waals surface area contributed by atoms with Gasteiger partial charge in [0, 0.05) is 29.1 Å². The first-order valence-electron chi connectivity index (χ1n) is 8.74. The van der Waals surface area contributed by atoms with E-state index < -0.39 is 0 Å². The van der Waals surface area contributed by atoms with Crippen molar-refractivity contribution in [3.8, 4) is 11.5 Å². The molecule has 6 heteroatoms. The number of amides is 1. The molecule has 1 aliphatic heterocycles. The molecule has 2 heterocycles. The number of fused-ring (bicyclic) bond motifs is 2. The second-order valence-electron chi connectivity index (χ2n) is 6.61. The minimum Gasteiger partial charge on any atom is -0.454 e. The van der Waals surface area contributed by atoms with E-state index in [0.29, 0.717) is 34.8 Å². The summed E-state index contributed by atoms with van der Waals surface area (Å²) in [5, 5.41) is 3.71. The van der Waals surface area contributed by atoms with E-state index in [1.165, 1.54) is 0 Å². The molecule has 0 spiro atoms. The average Bonchev–Trinajstić information content (AvgIpc) is 3.09. The Kier molecular flexibility index (Phi) is 4.32. The lowest BCUT2D eigenvalue weighted by atomic mass is 10.0. The molecular formula is C21H19NO5. The lowest BCUT2D eigenvalue weighted by Crippen LogP contribution is -2.16. The molecule has 0 radical (unpaired) electrons. The first kappa shape index (κ1) is 17.1. The molecule has 27 heavy (non-hydrogen) atoms. The number of rotatable bonds is 4. The van der Waals surface area contributed by atoms with Gasteiger partial charge in [-0.1, -0.05) is 12.1 Å². The molecule has 1 aromatic heterocycles. The van der Waals surface area contributed by atoms with Gasteiger partial charge in [0.1, 0.15) is 5.58 Å². The molecule has 0 bridgehead atoms. The molecule has 0 saturated heterocycles. The molecule has 4 rings (SSSR count). The number of hydrogen-bond donors (Lipinski definition) is 1. The van der Waals surface area contributed by atoms with Crippen molar-refractivity contribution in [2.75, 3.05) is 12.1 Å². The molecule has 3 aromatic rings. The fourth-order valence-electron chi connectivity index (χ4n) is 3.23. The zero-order valence-corrected chi connectivity index (χ0v) is 15.1. The summed E-state index contributed by atoms with van der Waals surface area (Å²) in [6.07, 6.45) is 0.492. The van der Waals surface area contributed by atoms with Crippen molar-refractivity contribution in [3.05, 3.63) is 63.5 Å². The molecule has 6 nitrogen and oxygen atoms in total. The third-order valence-electron chi connectivity index (χ3n) is 4.70. The van der Waals surface area contributed by atoms with Crippen LogP contribution in [0, 0.1) is 13.8 Å². The summed E-state index contributed by atoms with van der Waals surface area (Å²) in [7, 11) is 0. The summed E-state index contributed by atoms with van der Waals surface area (Å²) in [5.41, 5.74) is 3.24. The van der Waals surface area contributed by atoms with Crippen molar-refractivity contribution in [3.63, 3.8) is 0 Å². The predicted molar refractivity (Wildman–Crippen MR) is 101 cm³/mol. The quantitative estimate of drug-likeness (QED) is 0.713. The Morgan fingerprint density at radius 2 is 1.89 bits per heavy atom. The number of anilines is 1. The van der Waals surface area contributed by atoms with Crippen molar-refractivity contribution in [2.45, 2.75) is 26.7 Å². The van der Waals surface area contributed by atoms with Gasteiger partial charge in [-0.15, -0.1) is 0 Å². The minimum absolute atomic E-state index is 0.178. The van der Waals surface area contributed by atoms with E-state index in [0.717, 1.165) is 16.5 Å². The van der Waals surface area contributed by atoms with Gasteiger partial charge in [-0.2, -0.15) is 0 Å². The summed E-state index contributed by atoms with van der Waals surface area (Å²) < 4.78 is 16.0. The Morgan fingerprint density at radius 3 is 2.74 bits per heavy atom. The van der Waals surface area contributed by atoms with Crippen molar-refractivity contribution in [1.29, 1.82) is 0 Å². The summed E-state index contributed by atoms with van der Waals surface area (Å²) in [6.45, 7) is 4.02. The highest BCUT2D eigenvalue weighted by Gasteiger charge is 2.16. The van der Waals surface area contributed by atoms with Crippen LogP contribution >= 0.6 is 0 Å². The van der Waals surface area contributed by atoms with Crippen LogP contribution in [0.15, 0.2) is 45.6 Å². The highest BCUT2D eigenvalue weighted by Crippen LogP contribution is 2.34. The third kappa shape index (κ3) is 3.38. The van der Waals surface area contributed by atoms with Crippen LogP contribution in [0.1, 0.15) is 23.1 Å². The fraction of sp³-hybridized carbons (Fsp3) is 0.238. The van der Waals surface area contributed by atoms with Crippen LogP contribution in [-0.2, 0) is 11.2 Å². The number of aryl methyl sites for hydroxylation is 2. The standard InChI is InChI=1S/C21H19NO5/c1-12-3-5-15-13(2)16(21(24)27-18(15)9-12)6-8-20(23)22-14-4-7-17-19(10-14)26-11-25-17/h3-5,7,9-10H,6,8,11H2,1-2H3,(H,22,23). The number of hydrogen-bond acceptors (Lipinski definition) is 5. The highest BCUT2D eigenvalue weighted by molar-refractivity contribution is 5.91. The number of benzene rings is 2. The van der Waals surface area contributed by atoms with Gasteiger partial charge in [0.15, 0.2) is 11.5 Å². The van der Waals surface area contributed by atoms with Crippen molar-refractivity contribution in [1.82, 2.24) is 0 Å². The topological polar surface area (TPSA) is 77.8 Å². The van der Waals surface area contributed by atoms with Gasteiger partial charge in [-0.25, -0.2) is 4.79 Å². The zero-order valence-electron chi connectivity index (χ0n) is 15.1. The van der Waals surface area contributed by atoms with E-state index in [4.69, 9.17) is 13.9 Å². The Hall–Kier alpha value is -3.28. The third-order valence-corrected chi connectivity index (χ3v) is 4.70. The van der Waals surface area contributed by atoms with Crippen LogP contribution in [0.4, 0.5) is 5.69 Å². The van der Waals surface area contributed by atoms with Gasteiger partial charge in [0.2, 0.25) is 12.7 Å². The second-order valence-corrected chi connectivity index (χ2v) is 6.61. The summed E-state index contributed by atoms with van der Waals surface area (Å²) >= 11 is 0. The maximum atomic E-state index is 12.3. The van der Waals surface area contributed by atoms with Crippen LogP contribution < -0.4 is 20.4 Å². The fourth-order valence-corrected chi connectivity index (χ4v) is 3.23. The lowest BCUT2D eigenvalue weighted by Gasteiger charge is -2.09. The first-order chi connectivity index (χ1) is 13.0. The normalized spacial score (nSPS) is 12.4. The van der Waals surface area contributed by atoms with Gasteiger partial charge in [0.05, 0.1) is 0 Å². The van der Waals surface area contributed by atoms with Crippen LogP contribution in [0.25, 0.3) is 11.0 Å². The van der Waals surface area contributed by atoms with Crippen molar-refractivity contribution < 1.29 is 18.7 Å². The van der Waals surface area contributed by atoms with Crippen molar-refractivity contribution >= 4 is 22.6 Å². The molecule has 1 N–H and O–H groups in total. The van der Waals surface area contributed by atoms with Gasteiger partial charge in [-0.05, 0) is 49.6 Å². The number of ether oxygens (including phenoxy) is 2. The molecular weight excluding hydrogens is 346 g/mol. The van der Waals surface area contributed by atoms with E-state index in [1.54, 1.807) is 18.2 Å². The van der Waals surface area contributed by atoms with Gasteiger partial charge in [-0.3, -0.25) is 4.79 Å². The second kappa shape index (κ2) is 6.79. The summed E-state index contributed by atoms with van der Waals surface area (Å²) in [5.74, 6) is 1.08. The van der Waals surface area contributed by atoms with E-state index in [-0.39, 0.29) is 24.7 Å². The van der Waals surface area contributed by atoms with E-state index >= 15 is 0 Å². The molecule has 2 aromatic carbocycles. The SMILES string of the molecule is Cc1ccc2c(C)c(CCC(=O)Nc3ccc4c(c3)OCO4)c(=O)oc2c1. The number of carbonyl (C=O) groups is 1. The maximum Gasteiger partial charge on any atom is 0.339 e. The summed E-state index contributed by atoms with van der Waals surface area (Å²) in [6, 6.07) is 11.0. The number of nitrogens with one attached hydrogen (secondary N) is 1. The van der Waals surface area contributed by atoms with Crippen LogP contribution in [0.2, 0.25) is 0 Å². The molecule has 0 saturated carbocycles. The van der Waals surface area contributed by atoms with Crippen LogP contribution in [0.3, 0.4) is 0 Å². The first-order valence-corrected chi connectivity index (χ1v) is 8.74. The smallest absolute Gasteiger partial charge is 0.339 e. The van der Waals surface area contributed by atoms with Gasteiger partial charge in [0.25, 0.3) is 0 Å². The lowest BCUT2D eigenvalue weighted by molar-refractivity contribution is -0.116. The molecule has 1 amide bonds. The van der Waals surface area contributed by atoms with Crippen LogP contribution in [0.5, 0.6) is 11.5 Å². The predicted octanol–water partition coefficient (Wildman–Crippen LogP) is 3.71. The maximum absolute atomic E-state index is 12.3. The molecule has 138 valence electrons. The molecule has 0 fully saturated rings. The highest BCUT2D eigenvalue weighted by atomic mass is 16.7. The van der Waals surface area contributed by atoms with Crippen LogP contribution in [-0.4, -0.2) is 12.7 Å². The van der Waals surface area contributed by atoms with Gasteiger partial charge < -0.3 is 19.2 Å². The van der Waals surface area contributed by atoms with Crippen molar-refractivity contribution in [2.24, 2.45) is 0 Å². The van der Waals surface area contributed by atoms with E-state index in [1.807, 2.05) is 32.0 Å². The average molecular weight is 365 g/mol. The molecule has 0 atom stereocenters.